The number of nitrogens with one attached hydrogen (secondary N) is 1. The van der Waals surface area contributed by atoms with Crippen LogP contribution in [0.4, 0.5) is 0 Å². The first-order valence-corrected chi connectivity index (χ1v) is 8.31. The number of carbonyl (C=O) groups is 1. The zero-order chi connectivity index (χ0) is 18.2. The molecule has 0 saturated heterocycles. The number of amides is 1. The molecule has 0 bridgehead atoms. The molecule has 0 saturated carbocycles. The summed E-state index contributed by atoms with van der Waals surface area (Å²) in [6, 6.07) is 17.0. The summed E-state index contributed by atoms with van der Waals surface area (Å²) in [5, 5.41) is 12.4. The molecule has 0 aliphatic carbocycles. The Morgan fingerprint density at radius 2 is 1.81 bits per heavy atom. The first kappa shape index (κ1) is 17.6. The van der Waals surface area contributed by atoms with Crippen LogP contribution in [-0.4, -0.2) is 27.9 Å². The Morgan fingerprint density at radius 3 is 2.54 bits per heavy atom. The van der Waals surface area contributed by atoms with Crippen LogP contribution >= 0.6 is 0 Å². The summed E-state index contributed by atoms with van der Waals surface area (Å²) in [5.41, 5.74) is 3.32. The van der Waals surface area contributed by atoms with Gasteiger partial charge < -0.3 is 9.26 Å². The molecule has 0 aliphatic heterocycles. The second-order valence-electron chi connectivity index (χ2n) is 5.65. The highest BCUT2D eigenvalue weighted by Gasteiger charge is 2.10. The van der Waals surface area contributed by atoms with Crippen molar-refractivity contribution in [2.75, 3.05) is 6.61 Å². The van der Waals surface area contributed by atoms with Gasteiger partial charge >= 0.3 is 0 Å². The second-order valence-corrected chi connectivity index (χ2v) is 5.65. The fraction of sp³-hybridized carbons (Fsp3) is 0.211. The third kappa shape index (κ3) is 4.67. The number of hydrogen-bond donors (Lipinski definition) is 2. The molecule has 7 nitrogen and oxygen atoms in total. The molecule has 0 radical (unpaired) electrons. The molecule has 0 aliphatic rings. The Morgan fingerprint density at radius 1 is 1.04 bits per heavy atom. The van der Waals surface area contributed by atoms with E-state index in [1.165, 1.54) is 0 Å². The van der Waals surface area contributed by atoms with Crippen LogP contribution in [0.15, 0.2) is 59.1 Å². The summed E-state index contributed by atoms with van der Waals surface area (Å²) in [4.78, 5) is 15.3. The molecule has 2 N–H and O–H groups in total. The third-order valence-corrected chi connectivity index (χ3v) is 3.75. The molecular weight excluding hydrogens is 334 g/mol. The molecule has 0 fully saturated rings. The van der Waals surface area contributed by atoms with Crippen molar-refractivity contribution in [1.29, 1.82) is 0 Å². The summed E-state index contributed by atoms with van der Waals surface area (Å²) in [5.74, 6) is 1.34. The van der Waals surface area contributed by atoms with Gasteiger partial charge in [-0.3, -0.25) is 10.0 Å². The van der Waals surface area contributed by atoms with Gasteiger partial charge in [0.2, 0.25) is 11.7 Å². The maximum Gasteiger partial charge on any atom is 0.258 e. The van der Waals surface area contributed by atoms with Crippen molar-refractivity contribution in [3.8, 4) is 28.6 Å². The lowest BCUT2D eigenvalue weighted by atomic mass is 10.2. The maximum atomic E-state index is 10.9. The summed E-state index contributed by atoms with van der Waals surface area (Å²) in [6.45, 7) is 0.497. The van der Waals surface area contributed by atoms with Gasteiger partial charge in [0.25, 0.3) is 5.89 Å². The number of unbranched alkanes of at least 4 members (excludes halogenated alkanes) is 1. The van der Waals surface area contributed by atoms with E-state index in [1.54, 1.807) is 5.48 Å². The van der Waals surface area contributed by atoms with Crippen LogP contribution in [0.25, 0.3) is 22.8 Å². The number of hydroxylamine groups is 1. The van der Waals surface area contributed by atoms with Gasteiger partial charge in [-0.05, 0) is 37.1 Å². The quantitative estimate of drug-likeness (QED) is 0.366. The Hall–Kier alpha value is -3.19. The monoisotopic (exact) mass is 353 g/mol. The smallest absolute Gasteiger partial charge is 0.258 e. The van der Waals surface area contributed by atoms with Gasteiger partial charge in [0.05, 0.1) is 6.61 Å². The SMILES string of the molecule is O=C(CCCCOc1ccc(-c2nc(-c3ccccc3)no2)cc1)NO. The van der Waals surface area contributed by atoms with Crippen LogP contribution in [-0.2, 0) is 4.79 Å². The van der Waals surface area contributed by atoms with Gasteiger partial charge in [0.15, 0.2) is 0 Å². The third-order valence-electron chi connectivity index (χ3n) is 3.75. The molecule has 0 atom stereocenters. The molecule has 7 heteroatoms. The Balaban J connectivity index is 1.53. The normalized spacial score (nSPS) is 10.5. The molecule has 3 rings (SSSR count). The van der Waals surface area contributed by atoms with Crippen LogP contribution in [0, 0.1) is 0 Å². The predicted octanol–water partition coefficient (Wildman–Crippen LogP) is 3.46. The number of nitrogens with zero attached hydrogens (tertiary/aromatic N) is 2. The molecule has 3 aromatic rings. The van der Waals surface area contributed by atoms with E-state index in [4.69, 9.17) is 14.5 Å². The van der Waals surface area contributed by atoms with Crippen LogP contribution in [0.2, 0.25) is 0 Å². The number of aromatic nitrogens is 2. The van der Waals surface area contributed by atoms with Gasteiger partial charge in [-0.25, -0.2) is 5.48 Å². The molecule has 1 aromatic heterocycles. The largest absolute Gasteiger partial charge is 0.494 e. The minimum atomic E-state index is -0.385. The summed E-state index contributed by atoms with van der Waals surface area (Å²) in [7, 11) is 0. The lowest BCUT2D eigenvalue weighted by Gasteiger charge is -2.06. The highest BCUT2D eigenvalue weighted by atomic mass is 16.5. The van der Waals surface area contributed by atoms with Gasteiger partial charge in [0, 0.05) is 17.5 Å². The van der Waals surface area contributed by atoms with E-state index < -0.39 is 0 Å². The van der Waals surface area contributed by atoms with Crippen LogP contribution in [0.1, 0.15) is 19.3 Å². The van der Waals surface area contributed by atoms with E-state index in [0.717, 1.165) is 23.3 Å². The van der Waals surface area contributed by atoms with Crippen molar-refractivity contribution < 1.29 is 19.3 Å². The average molecular weight is 353 g/mol. The van der Waals surface area contributed by atoms with Crippen molar-refractivity contribution >= 4 is 5.91 Å². The highest BCUT2D eigenvalue weighted by molar-refractivity contribution is 5.74. The lowest BCUT2D eigenvalue weighted by molar-refractivity contribution is -0.129. The van der Waals surface area contributed by atoms with Gasteiger partial charge in [0.1, 0.15) is 5.75 Å². The fourth-order valence-corrected chi connectivity index (χ4v) is 2.37. The summed E-state index contributed by atoms with van der Waals surface area (Å²) in [6.07, 6.45) is 1.65. The Kier molecular flexibility index (Phi) is 5.95. The standard InChI is InChI=1S/C19H19N3O4/c23-17(21-24)8-4-5-13-25-16-11-9-15(10-12-16)19-20-18(22-26-19)14-6-2-1-3-7-14/h1-3,6-7,9-12,24H,4-5,8,13H2,(H,21,23). The lowest BCUT2D eigenvalue weighted by Crippen LogP contribution is -2.18. The van der Waals surface area contributed by atoms with Gasteiger partial charge in [-0.1, -0.05) is 35.5 Å². The molecule has 2 aromatic carbocycles. The predicted molar refractivity (Wildman–Crippen MR) is 94.4 cm³/mol. The van der Waals surface area contributed by atoms with Crippen molar-refractivity contribution in [3.63, 3.8) is 0 Å². The number of rotatable bonds is 8. The number of ether oxygens (including phenoxy) is 1. The number of hydrogen-bond acceptors (Lipinski definition) is 6. The van der Waals surface area contributed by atoms with Crippen LogP contribution < -0.4 is 10.2 Å². The average Bonchev–Trinajstić information content (AvgIpc) is 3.19. The van der Waals surface area contributed by atoms with Crippen molar-refractivity contribution in [2.24, 2.45) is 0 Å². The topological polar surface area (TPSA) is 97.5 Å². The van der Waals surface area contributed by atoms with E-state index in [-0.39, 0.29) is 12.3 Å². The fourth-order valence-electron chi connectivity index (χ4n) is 2.37. The molecular formula is C19H19N3O4. The first-order chi connectivity index (χ1) is 12.8. The molecule has 26 heavy (non-hydrogen) atoms. The number of benzene rings is 2. The number of carbonyl (C=O) groups excluding carboxylic acids is 1. The zero-order valence-electron chi connectivity index (χ0n) is 14.1. The summed E-state index contributed by atoms with van der Waals surface area (Å²) < 4.78 is 11.0. The zero-order valence-corrected chi connectivity index (χ0v) is 14.1. The van der Waals surface area contributed by atoms with Crippen LogP contribution in [0.3, 0.4) is 0 Å². The molecule has 0 spiro atoms. The minimum Gasteiger partial charge on any atom is -0.494 e. The van der Waals surface area contributed by atoms with Gasteiger partial charge in [-0.15, -0.1) is 0 Å². The molecule has 1 amide bonds. The highest BCUT2D eigenvalue weighted by Crippen LogP contribution is 2.24. The van der Waals surface area contributed by atoms with Crippen LogP contribution in [0.5, 0.6) is 5.75 Å². The van der Waals surface area contributed by atoms with E-state index in [9.17, 15) is 4.79 Å². The van der Waals surface area contributed by atoms with E-state index in [0.29, 0.717) is 24.7 Å². The molecule has 0 unspecified atom stereocenters. The van der Waals surface area contributed by atoms with Crippen molar-refractivity contribution in [3.05, 3.63) is 54.6 Å². The first-order valence-electron chi connectivity index (χ1n) is 8.31. The van der Waals surface area contributed by atoms with E-state index in [2.05, 4.69) is 10.1 Å². The van der Waals surface area contributed by atoms with E-state index >= 15 is 0 Å². The minimum absolute atomic E-state index is 0.277. The second kappa shape index (κ2) is 8.77. The van der Waals surface area contributed by atoms with Crippen molar-refractivity contribution in [2.45, 2.75) is 19.3 Å². The maximum absolute atomic E-state index is 10.9. The Bertz CT molecular complexity index is 832. The van der Waals surface area contributed by atoms with Gasteiger partial charge in [-0.2, -0.15) is 4.98 Å². The summed E-state index contributed by atoms with van der Waals surface area (Å²) >= 11 is 0. The van der Waals surface area contributed by atoms with E-state index in [1.807, 2.05) is 54.6 Å². The Labute approximate surface area is 150 Å². The van der Waals surface area contributed by atoms with Crippen molar-refractivity contribution in [1.82, 2.24) is 15.6 Å². The molecule has 134 valence electrons. The molecule has 1 heterocycles.